The van der Waals surface area contributed by atoms with E-state index in [-0.39, 0.29) is 11.5 Å². The summed E-state index contributed by atoms with van der Waals surface area (Å²) in [7, 11) is 0. The number of barbiturate groups is 1. The van der Waals surface area contributed by atoms with E-state index in [4.69, 9.17) is 5.21 Å². The third-order valence-electron chi connectivity index (χ3n) is 1.65. The third kappa shape index (κ3) is 1.16. The van der Waals surface area contributed by atoms with E-state index < -0.39 is 23.8 Å². The van der Waals surface area contributed by atoms with Crippen LogP contribution in [0.25, 0.3) is 0 Å². The van der Waals surface area contributed by atoms with Gasteiger partial charge in [0.05, 0.1) is 0 Å². The molecule has 1 aliphatic rings. The Morgan fingerprint density at radius 3 is 2.58 bits per heavy atom. The van der Waals surface area contributed by atoms with E-state index in [0.717, 1.165) is 0 Å². The lowest BCUT2D eigenvalue weighted by molar-refractivity contribution is -0.164. The topological polar surface area (TPSA) is 86.7 Å². The molecule has 0 aromatic carbocycles. The van der Waals surface area contributed by atoms with Crippen molar-refractivity contribution in [1.82, 2.24) is 10.4 Å². The van der Waals surface area contributed by atoms with Crippen LogP contribution in [0.5, 0.6) is 0 Å². The predicted molar refractivity (Wildman–Crippen MR) is 36.0 cm³/mol. The van der Waals surface area contributed by atoms with Crippen LogP contribution in [0.4, 0.5) is 4.79 Å². The number of rotatable bonds is 1. The molecule has 1 aliphatic heterocycles. The van der Waals surface area contributed by atoms with Gasteiger partial charge in [-0.3, -0.25) is 20.1 Å². The Hall–Kier alpha value is -1.43. The molecule has 1 fully saturated rings. The van der Waals surface area contributed by atoms with Crippen molar-refractivity contribution in [2.24, 2.45) is 5.92 Å². The summed E-state index contributed by atoms with van der Waals surface area (Å²) in [6, 6.07) is -1.09. The maximum absolute atomic E-state index is 11.0. The van der Waals surface area contributed by atoms with E-state index in [2.05, 4.69) is 0 Å². The molecule has 0 saturated carbocycles. The zero-order chi connectivity index (χ0) is 9.30. The smallest absolute Gasteiger partial charge is 0.277 e. The summed E-state index contributed by atoms with van der Waals surface area (Å²) in [5, 5.41) is 10.5. The fourth-order valence-corrected chi connectivity index (χ4v) is 0.965. The van der Waals surface area contributed by atoms with Crippen LogP contribution in [0.3, 0.4) is 0 Å². The Bertz CT molecular complexity index is 250. The minimum Gasteiger partial charge on any atom is -0.277 e. The Balaban J connectivity index is 2.86. The minimum absolute atomic E-state index is 0.0738. The highest BCUT2D eigenvalue weighted by molar-refractivity contribution is 6.15. The van der Waals surface area contributed by atoms with Crippen LogP contribution >= 0.6 is 0 Å². The summed E-state index contributed by atoms with van der Waals surface area (Å²) in [5.74, 6) is -2.48. The summed E-state index contributed by atoms with van der Waals surface area (Å²) in [4.78, 5) is 32.5. The monoisotopic (exact) mass is 172 g/mol. The van der Waals surface area contributed by atoms with Crippen molar-refractivity contribution in [3.8, 4) is 0 Å². The van der Waals surface area contributed by atoms with Gasteiger partial charge in [0.15, 0.2) is 0 Å². The zero-order valence-corrected chi connectivity index (χ0v) is 6.40. The first-order valence-electron chi connectivity index (χ1n) is 3.45. The quantitative estimate of drug-likeness (QED) is 0.411. The van der Waals surface area contributed by atoms with Gasteiger partial charge < -0.3 is 0 Å². The van der Waals surface area contributed by atoms with Crippen LogP contribution < -0.4 is 5.32 Å². The number of urea groups is 1. The van der Waals surface area contributed by atoms with Crippen molar-refractivity contribution < 1.29 is 19.6 Å². The highest BCUT2D eigenvalue weighted by Crippen LogP contribution is 2.11. The average molecular weight is 172 g/mol. The molecular weight excluding hydrogens is 164 g/mol. The molecule has 66 valence electrons. The third-order valence-corrected chi connectivity index (χ3v) is 1.65. The molecule has 0 aromatic heterocycles. The lowest BCUT2D eigenvalue weighted by atomic mass is 10.0. The molecule has 6 heteroatoms. The Morgan fingerprint density at radius 2 is 2.08 bits per heavy atom. The van der Waals surface area contributed by atoms with Gasteiger partial charge in [-0.15, -0.1) is 5.06 Å². The van der Waals surface area contributed by atoms with Crippen LogP contribution in [0.2, 0.25) is 0 Å². The second-order valence-corrected chi connectivity index (χ2v) is 2.41. The van der Waals surface area contributed by atoms with Gasteiger partial charge in [0.2, 0.25) is 5.91 Å². The molecule has 1 saturated heterocycles. The SMILES string of the molecule is CCC1C(=O)NC(=O)N(O)C1=O. The molecule has 12 heavy (non-hydrogen) atoms. The van der Waals surface area contributed by atoms with E-state index >= 15 is 0 Å². The van der Waals surface area contributed by atoms with Crippen LogP contribution in [-0.4, -0.2) is 28.1 Å². The minimum atomic E-state index is -1.09. The highest BCUT2D eigenvalue weighted by Gasteiger charge is 2.38. The van der Waals surface area contributed by atoms with Gasteiger partial charge in [0.1, 0.15) is 5.92 Å². The first kappa shape index (κ1) is 8.66. The number of hydrogen-bond donors (Lipinski definition) is 2. The lowest BCUT2D eigenvalue weighted by Crippen LogP contribution is -2.56. The summed E-state index contributed by atoms with van der Waals surface area (Å²) >= 11 is 0. The van der Waals surface area contributed by atoms with Gasteiger partial charge in [-0.05, 0) is 6.42 Å². The van der Waals surface area contributed by atoms with Crippen molar-refractivity contribution in [3.63, 3.8) is 0 Å². The Labute approximate surface area is 68.1 Å². The zero-order valence-electron chi connectivity index (χ0n) is 6.40. The van der Waals surface area contributed by atoms with Crippen LogP contribution in [0.1, 0.15) is 13.3 Å². The van der Waals surface area contributed by atoms with E-state index in [1.807, 2.05) is 5.32 Å². The standard InChI is InChI=1S/C6H8N2O4/c1-2-3-4(9)7-6(11)8(12)5(3)10/h3,12H,2H2,1H3,(H,7,9,11). The van der Waals surface area contributed by atoms with E-state index in [0.29, 0.717) is 0 Å². The van der Waals surface area contributed by atoms with Gasteiger partial charge in [0, 0.05) is 0 Å². The second-order valence-electron chi connectivity index (χ2n) is 2.41. The summed E-state index contributed by atoms with van der Waals surface area (Å²) in [6.07, 6.45) is 0.259. The van der Waals surface area contributed by atoms with Gasteiger partial charge >= 0.3 is 6.03 Å². The number of imide groups is 2. The fourth-order valence-electron chi connectivity index (χ4n) is 0.965. The van der Waals surface area contributed by atoms with Crippen molar-refractivity contribution in [3.05, 3.63) is 0 Å². The first-order chi connectivity index (χ1) is 5.57. The molecule has 6 nitrogen and oxygen atoms in total. The molecule has 1 atom stereocenters. The summed E-state index contributed by atoms with van der Waals surface area (Å²) in [6.45, 7) is 1.62. The van der Waals surface area contributed by atoms with Crippen molar-refractivity contribution in [2.75, 3.05) is 0 Å². The molecule has 0 radical (unpaired) electrons. The van der Waals surface area contributed by atoms with E-state index in [1.54, 1.807) is 6.92 Å². The number of carbonyl (C=O) groups is 3. The molecular formula is C6H8N2O4. The van der Waals surface area contributed by atoms with Gasteiger partial charge in [0.25, 0.3) is 5.91 Å². The highest BCUT2D eigenvalue weighted by atomic mass is 16.5. The Kier molecular flexibility index (Phi) is 2.09. The predicted octanol–water partition coefficient (Wildman–Crippen LogP) is -0.520. The molecule has 0 spiro atoms. The Morgan fingerprint density at radius 1 is 1.50 bits per heavy atom. The lowest BCUT2D eigenvalue weighted by Gasteiger charge is -2.24. The van der Waals surface area contributed by atoms with Crippen LogP contribution in [-0.2, 0) is 9.59 Å². The summed E-state index contributed by atoms with van der Waals surface area (Å²) in [5.41, 5.74) is 0. The molecule has 0 aromatic rings. The number of hydrogen-bond acceptors (Lipinski definition) is 4. The number of amides is 4. The fraction of sp³-hybridized carbons (Fsp3) is 0.500. The maximum atomic E-state index is 11.0. The van der Waals surface area contributed by atoms with Crippen molar-refractivity contribution in [1.29, 1.82) is 0 Å². The normalized spacial score (nSPS) is 24.3. The largest absolute Gasteiger partial charge is 0.355 e. The van der Waals surface area contributed by atoms with Gasteiger partial charge in [-0.25, -0.2) is 4.79 Å². The molecule has 0 aliphatic carbocycles. The second kappa shape index (κ2) is 2.90. The average Bonchev–Trinajstić information content (AvgIpc) is 2.01. The number of nitrogens with zero attached hydrogens (tertiary/aromatic N) is 1. The molecule has 0 bridgehead atoms. The van der Waals surface area contributed by atoms with Crippen molar-refractivity contribution in [2.45, 2.75) is 13.3 Å². The van der Waals surface area contributed by atoms with E-state index in [9.17, 15) is 14.4 Å². The molecule has 4 amide bonds. The van der Waals surface area contributed by atoms with E-state index in [1.165, 1.54) is 0 Å². The maximum Gasteiger partial charge on any atom is 0.355 e. The number of nitrogens with one attached hydrogen (secondary N) is 1. The molecule has 1 unspecified atom stereocenters. The summed E-state index contributed by atoms with van der Waals surface area (Å²) < 4.78 is 0. The number of carbonyl (C=O) groups excluding carboxylic acids is 3. The molecule has 1 heterocycles. The molecule has 2 N–H and O–H groups in total. The van der Waals surface area contributed by atoms with Gasteiger partial charge in [-0.2, -0.15) is 0 Å². The van der Waals surface area contributed by atoms with Crippen LogP contribution in [0, 0.1) is 5.92 Å². The molecule has 1 rings (SSSR count). The van der Waals surface area contributed by atoms with Gasteiger partial charge in [-0.1, -0.05) is 6.92 Å². The van der Waals surface area contributed by atoms with Crippen molar-refractivity contribution >= 4 is 17.8 Å². The first-order valence-corrected chi connectivity index (χ1v) is 3.45. The number of hydroxylamine groups is 2. The van der Waals surface area contributed by atoms with Crippen LogP contribution in [0.15, 0.2) is 0 Å².